The SMILES string of the molecule is O=C(Nc1cccc(CN2CCCC2=O)c1)C1CCN(S(=O)(=O)/C=C/c2ccccc2)CC1. The van der Waals surface area contributed by atoms with Crippen LogP contribution in [0.1, 0.15) is 36.8 Å². The quantitative estimate of drug-likeness (QED) is 0.676. The lowest BCUT2D eigenvalue weighted by atomic mass is 9.97. The van der Waals surface area contributed by atoms with E-state index in [1.165, 1.54) is 9.71 Å². The molecule has 0 saturated carbocycles. The summed E-state index contributed by atoms with van der Waals surface area (Å²) in [6, 6.07) is 16.9. The molecule has 2 aromatic carbocycles. The second-order valence-electron chi connectivity index (χ2n) is 8.54. The molecule has 2 aliphatic heterocycles. The Hall–Kier alpha value is -2.97. The molecule has 0 atom stereocenters. The highest BCUT2D eigenvalue weighted by Gasteiger charge is 2.30. The van der Waals surface area contributed by atoms with Gasteiger partial charge in [-0.25, -0.2) is 8.42 Å². The number of hydrogen-bond donors (Lipinski definition) is 1. The van der Waals surface area contributed by atoms with Crippen molar-refractivity contribution < 1.29 is 18.0 Å². The molecule has 0 aliphatic carbocycles. The van der Waals surface area contributed by atoms with Crippen LogP contribution in [0.2, 0.25) is 0 Å². The Morgan fingerprint density at radius 1 is 1.03 bits per heavy atom. The maximum Gasteiger partial charge on any atom is 0.236 e. The summed E-state index contributed by atoms with van der Waals surface area (Å²) in [6.07, 6.45) is 4.05. The molecule has 33 heavy (non-hydrogen) atoms. The summed E-state index contributed by atoms with van der Waals surface area (Å²) in [5.41, 5.74) is 2.51. The minimum Gasteiger partial charge on any atom is -0.338 e. The zero-order valence-electron chi connectivity index (χ0n) is 18.5. The standard InChI is InChI=1S/C25H29N3O4S/c29-24-10-5-14-27(24)19-21-8-4-9-23(18-21)26-25(30)22-11-15-28(16-12-22)33(31,32)17-13-20-6-2-1-3-7-20/h1-4,6-9,13,17-18,22H,5,10-12,14-16,19H2,(H,26,30)/b17-13+. The van der Waals surface area contributed by atoms with Crippen molar-refractivity contribution in [1.29, 1.82) is 0 Å². The van der Waals surface area contributed by atoms with Crippen LogP contribution in [0.15, 0.2) is 60.0 Å². The van der Waals surface area contributed by atoms with Gasteiger partial charge in [0, 0.05) is 49.6 Å². The molecular formula is C25H29N3O4S. The fourth-order valence-electron chi connectivity index (χ4n) is 4.27. The summed E-state index contributed by atoms with van der Waals surface area (Å²) in [6.45, 7) is 1.96. The summed E-state index contributed by atoms with van der Waals surface area (Å²) in [4.78, 5) is 26.5. The number of nitrogens with one attached hydrogen (secondary N) is 1. The molecule has 0 spiro atoms. The first kappa shape index (κ1) is 23.2. The molecule has 2 heterocycles. The van der Waals surface area contributed by atoms with Gasteiger partial charge in [-0.2, -0.15) is 4.31 Å². The van der Waals surface area contributed by atoms with Gasteiger partial charge in [-0.3, -0.25) is 9.59 Å². The van der Waals surface area contributed by atoms with E-state index in [1.807, 2.05) is 59.5 Å². The van der Waals surface area contributed by atoms with E-state index in [4.69, 9.17) is 0 Å². The minimum absolute atomic E-state index is 0.0960. The normalized spacial score (nSPS) is 18.2. The molecule has 1 N–H and O–H groups in total. The minimum atomic E-state index is -3.52. The smallest absolute Gasteiger partial charge is 0.236 e. The van der Waals surface area contributed by atoms with Crippen LogP contribution in [-0.4, -0.2) is 49.1 Å². The van der Waals surface area contributed by atoms with E-state index in [0.717, 1.165) is 24.1 Å². The van der Waals surface area contributed by atoms with Crippen molar-refractivity contribution in [3.8, 4) is 0 Å². The van der Waals surface area contributed by atoms with Crippen molar-refractivity contribution in [1.82, 2.24) is 9.21 Å². The summed E-state index contributed by atoms with van der Waals surface area (Å²) >= 11 is 0. The molecule has 2 aliphatic rings. The molecule has 2 saturated heterocycles. The largest absolute Gasteiger partial charge is 0.338 e. The first-order valence-corrected chi connectivity index (χ1v) is 12.8. The third kappa shape index (κ3) is 6.09. The van der Waals surface area contributed by atoms with Gasteiger partial charge in [-0.15, -0.1) is 0 Å². The highest BCUT2D eigenvalue weighted by Crippen LogP contribution is 2.23. The number of piperidine rings is 1. The van der Waals surface area contributed by atoms with Gasteiger partial charge in [0.25, 0.3) is 0 Å². The lowest BCUT2D eigenvalue weighted by molar-refractivity contribution is -0.128. The molecule has 7 nitrogen and oxygen atoms in total. The molecular weight excluding hydrogens is 438 g/mol. The van der Waals surface area contributed by atoms with Crippen molar-refractivity contribution in [2.24, 2.45) is 5.92 Å². The zero-order valence-corrected chi connectivity index (χ0v) is 19.3. The number of benzene rings is 2. The number of sulfonamides is 1. The number of likely N-dealkylation sites (tertiary alicyclic amines) is 1. The molecule has 2 fully saturated rings. The van der Waals surface area contributed by atoms with Crippen LogP contribution in [0.3, 0.4) is 0 Å². The van der Waals surface area contributed by atoms with Gasteiger partial charge in [-0.05, 0) is 48.6 Å². The summed E-state index contributed by atoms with van der Waals surface area (Å²) in [7, 11) is -3.52. The predicted molar refractivity (Wildman–Crippen MR) is 128 cm³/mol. The summed E-state index contributed by atoms with van der Waals surface area (Å²) in [5.74, 6) is -0.163. The van der Waals surface area contributed by atoms with Crippen molar-refractivity contribution in [2.75, 3.05) is 25.0 Å². The summed E-state index contributed by atoms with van der Waals surface area (Å²) in [5, 5.41) is 4.20. The maximum atomic E-state index is 12.8. The van der Waals surface area contributed by atoms with Gasteiger partial charge in [-0.1, -0.05) is 42.5 Å². The van der Waals surface area contributed by atoms with Crippen molar-refractivity contribution in [2.45, 2.75) is 32.2 Å². The van der Waals surface area contributed by atoms with Crippen molar-refractivity contribution >= 4 is 33.6 Å². The number of amides is 2. The van der Waals surface area contributed by atoms with E-state index in [0.29, 0.717) is 44.6 Å². The molecule has 174 valence electrons. The average Bonchev–Trinajstić information content (AvgIpc) is 3.23. The number of rotatable bonds is 7. The molecule has 0 radical (unpaired) electrons. The Labute approximate surface area is 195 Å². The second-order valence-corrected chi connectivity index (χ2v) is 10.4. The Balaban J connectivity index is 1.30. The van der Waals surface area contributed by atoms with Crippen LogP contribution in [0, 0.1) is 5.92 Å². The van der Waals surface area contributed by atoms with Crippen LogP contribution >= 0.6 is 0 Å². The van der Waals surface area contributed by atoms with Gasteiger partial charge in [0.15, 0.2) is 0 Å². The van der Waals surface area contributed by atoms with Crippen molar-refractivity contribution in [3.05, 3.63) is 71.1 Å². The third-order valence-electron chi connectivity index (χ3n) is 6.16. The van der Waals surface area contributed by atoms with Crippen LogP contribution in [0.4, 0.5) is 5.69 Å². The number of anilines is 1. The van der Waals surface area contributed by atoms with E-state index < -0.39 is 10.0 Å². The fourth-order valence-corrected chi connectivity index (χ4v) is 5.49. The zero-order chi connectivity index (χ0) is 23.3. The van der Waals surface area contributed by atoms with Crippen LogP contribution in [-0.2, 0) is 26.2 Å². The van der Waals surface area contributed by atoms with Gasteiger partial charge >= 0.3 is 0 Å². The molecule has 0 bridgehead atoms. The summed E-state index contributed by atoms with van der Waals surface area (Å²) < 4.78 is 26.7. The number of carbonyl (C=O) groups is 2. The van der Waals surface area contributed by atoms with Crippen molar-refractivity contribution in [3.63, 3.8) is 0 Å². The first-order chi connectivity index (χ1) is 15.9. The lowest BCUT2D eigenvalue weighted by Crippen LogP contribution is -2.40. The Morgan fingerprint density at radius 2 is 1.79 bits per heavy atom. The van der Waals surface area contributed by atoms with Gasteiger partial charge in [0.1, 0.15) is 0 Å². The number of nitrogens with zero attached hydrogens (tertiary/aromatic N) is 2. The fraction of sp³-hybridized carbons (Fsp3) is 0.360. The Bertz CT molecular complexity index is 1120. The highest BCUT2D eigenvalue weighted by atomic mass is 32.2. The molecule has 8 heteroatoms. The molecule has 2 amide bonds. The van der Waals surface area contributed by atoms with E-state index in [9.17, 15) is 18.0 Å². The van der Waals surface area contributed by atoms with Crippen LogP contribution < -0.4 is 5.32 Å². The molecule has 2 aromatic rings. The molecule has 0 aromatic heterocycles. The molecule has 4 rings (SSSR count). The highest BCUT2D eigenvalue weighted by molar-refractivity contribution is 7.92. The van der Waals surface area contributed by atoms with Gasteiger partial charge < -0.3 is 10.2 Å². The average molecular weight is 468 g/mol. The number of carbonyl (C=O) groups excluding carboxylic acids is 2. The maximum absolute atomic E-state index is 12.8. The van der Waals surface area contributed by atoms with Gasteiger partial charge in [0.2, 0.25) is 21.8 Å². The van der Waals surface area contributed by atoms with E-state index in [1.54, 1.807) is 6.08 Å². The Morgan fingerprint density at radius 3 is 2.48 bits per heavy atom. The lowest BCUT2D eigenvalue weighted by Gasteiger charge is -2.29. The number of hydrogen-bond acceptors (Lipinski definition) is 4. The van der Waals surface area contributed by atoms with Gasteiger partial charge in [0.05, 0.1) is 0 Å². The molecule has 0 unspecified atom stereocenters. The van der Waals surface area contributed by atoms with E-state index in [-0.39, 0.29) is 17.7 Å². The topological polar surface area (TPSA) is 86.8 Å². The van der Waals surface area contributed by atoms with Crippen LogP contribution in [0.5, 0.6) is 0 Å². The Kier molecular flexibility index (Phi) is 7.25. The monoisotopic (exact) mass is 467 g/mol. The van der Waals surface area contributed by atoms with E-state index >= 15 is 0 Å². The third-order valence-corrected chi connectivity index (χ3v) is 7.72. The van der Waals surface area contributed by atoms with Crippen LogP contribution in [0.25, 0.3) is 6.08 Å². The first-order valence-electron chi connectivity index (χ1n) is 11.3. The second kappa shape index (κ2) is 10.3. The van der Waals surface area contributed by atoms with E-state index in [2.05, 4.69) is 5.32 Å². The predicted octanol–water partition coefficient (Wildman–Crippen LogP) is 3.46.